The van der Waals surface area contributed by atoms with Gasteiger partial charge in [-0.15, -0.1) is 0 Å². The Hall–Kier alpha value is -2.05. The summed E-state index contributed by atoms with van der Waals surface area (Å²) in [5.74, 6) is 0.664. The minimum Gasteiger partial charge on any atom is -0.491 e. The summed E-state index contributed by atoms with van der Waals surface area (Å²) in [5, 5.41) is 0. The second kappa shape index (κ2) is 6.40. The van der Waals surface area contributed by atoms with Gasteiger partial charge in [0.2, 0.25) is 0 Å². The Morgan fingerprint density at radius 3 is 2.40 bits per heavy atom. The number of anilines is 1. The molecule has 5 nitrogen and oxygen atoms in total. The minimum absolute atomic E-state index is 0.0391. The standard InChI is InChI=1S/C14H15NO4S/c15-12-5-4-8-14(11-12)20(16,17)19-10-9-18-13-6-2-1-3-7-13/h1-8,11H,9-10,15H2. The van der Waals surface area contributed by atoms with E-state index in [2.05, 4.69) is 0 Å². The first kappa shape index (κ1) is 14.4. The summed E-state index contributed by atoms with van der Waals surface area (Å²) in [6, 6.07) is 15.1. The van der Waals surface area contributed by atoms with E-state index in [1.807, 2.05) is 18.2 Å². The van der Waals surface area contributed by atoms with Gasteiger partial charge in [-0.2, -0.15) is 8.42 Å². The molecular weight excluding hydrogens is 278 g/mol. The van der Waals surface area contributed by atoms with Gasteiger partial charge in [-0.25, -0.2) is 0 Å². The summed E-state index contributed by atoms with van der Waals surface area (Å²) in [5.41, 5.74) is 5.91. The third-order valence-electron chi connectivity index (χ3n) is 2.48. The zero-order valence-electron chi connectivity index (χ0n) is 10.7. The summed E-state index contributed by atoms with van der Waals surface area (Å²) in [7, 11) is -3.80. The average Bonchev–Trinajstić information content (AvgIpc) is 2.45. The number of benzene rings is 2. The Morgan fingerprint density at radius 2 is 1.70 bits per heavy atom. The third-order valence-corrected chi connectivity index (χ3v) is 3.79. The molecule has 0 aliphatic heterocycles. The molecule has 0 amide bonds. The molecule has 0 atom stereocenters. The van der Waals surface area contributed by atoms with Crippen LogP contribution >= 0.6 is 0 Å². The van der Waals surface area contributed by atoms with Crippen molar-refractivity contribution in [2.24, 2.45) is 0 Å². The molecule has 0 aliphatic carbocycles. The second-order valence-electron chi connectivity index (χ2n) is 4.01. The molecule has 0 unspecified atom stereocenters. The highest BCUT2D eigenvalue weighted by molar-refractivity contribution is 7.86. The number of rotatable bonds is 6. The first-order valence-electron chi connectivity index (χ1n) is 6.01. The molecule has 2 aromatic rings. The van der Waals surface area contributed by atoms with Gasteiger partial charge < -0.3 is 10.5 Å². The lowest BCUT2D eigenvalue weighted by molar-refractivity contribution is 0.221. The van der Waals surface area contributed by atoms with Gasteiger partial charge in [0.25, 0.3) is 10.1 Å². The van der Waals surface area contributed by atoms with Gasteiger partial charge in [-0.3, -0.25) is 4.18 Å². The molecule has 20 heavy (non-hydrogen) atoms. The number of hydrogen-bond acceptors (Lipinski definition) is 5. The zero-order valence-corrected chi connectivity index (χ0v) is 11.5. The maximum absolute atomic E-state index is 11.9. The van der Waals surface area contributed by atoms with Crippen molar-refractivity contribution in [2.75, 3.05) is 18.9 Å². The predicted molar refractivity (Wildman–Crippen MR) is 75.9 cm³/mol. The largest absolute Gasteiger partial charge is 0.491 e. The van der Waals surface area contributed by atoms with Crippen molar-refractivity contribution in [3.63, 3.8) is 0 Å². The highest BCUT2D eigenvalue weighted by atomic mass is 32.2. The molecule has 2 rings (SSSR count). The molecule has 0 saturated carbocycles. The van der Waals surface area contributed by atoms with Crippen LogP contribution in [0.5, 0.6) is 5.75 Å². The molecule has 2 N–H and O–H groups in total. The highest BCUT2D eigenvalue weighted by Gasteiger charge is 2.15. The van der Waals surface area contributed by atoms with E-state index < -0.39 is 10.1 Å². The van der Waals surface area contributed by atoms with Crippen molar-refractivity contribution in [1.82, 2.24) is 0 Å². The lowest BCUT2D eigenvalue weighted by Crippen LogP contribution is -2.13. The van der Waals surface area contributed by atoms with E-state index in [0.717, 1.165) is 0 Å². The van der Waals surface area contributed by atoms with E-state index in [1.165, 1.54) is 12.1 Å². The Bertz CT molecular complexity index is 656. The fourth-order valence-electron chi connectivity index (χ4n) is 1.56. The molecule has 0 spiro atoms. The van der Waals surface area contributed by atoms with Gasteiger partial charge in [0.1, 0.15) is 19.0 Å². The summed E-state index contributed by atoms with van der Waals surface area (Å²) >= 11 is 0. The van der Waals surface area contributed by atoms with E-state index in [9.17, 15) is 8.42 Å². The van der Waals surface area contributed by atoms with E-state index >= 15 is 0 Å². The van der Waals surface area contributed by atoms with E-state index in [-0.39, 0.29) is 18.1 Å². The van der Waals surface area contributed by atoms with Gasteiger partial charge in [0, 0.05) is 5.69 Å². The van der Waals surface area contributed by atoms with Crippen molar-refractivity contribution >= 4 is 15.8 Å². The second-order valence-corrected chi connectivity index (χ2v) is 5.63. The molecule has 106 valence electrons. The lowest BCUT2D eigenvalue weighted by Gasteiger charge is -2.08. The van der Waals surface area contributed by atoms with Crippen LogP contribution in [0.2, 0.25) is 0 Å². The van der Waals surface area contributed by atoms with Crippen LogP contribution in [0.1, 0.15) is 0 Å². The molecule has 0 bridgehead atoms. The van der Waals surface area contributed by atoms with Crippen LogP contribution in [-0.2, 0) is 14.3 Å². The normalized spacial score (nSPS) is 11.2. The van der Waals surface area contributed by atoms with Gasteiger partial charge >= 0.3 is 0 Å². The summed E-state index contributed by atoms with van der Waals surface area (Å²) in [4.78, 5) is 0.0391. The van der Waals surface area contributed by atoms with Crippen LogP contribution in [0.15, 0.2) is 59.5 Å². The summed E-state index contributed by atoms with van der Waals surface area (Å²) in [6.07, 6.45) is 0. The van der Waals surface area contributed by atoms with Crippen molar-refractivity contribution in [2.45, 2.75) is 4.90 Å². The molecule has 0 fully saturated rings. The summed E-state index contributed by atoms with van der Waals surface area (Å²) < 4.78 is 34.0. The van der Waals surface area contributed by atoms with Crippen molar-refractivity contribution in [3.8, 4) is 5.75 Å². The monoisotopic (exact) mass is 293 g/mol. The Morgan fingerprint density at radius 1 is 0.950 bits per heavy atom. The number of hydrogen-bond donors (Lipinski definition) is 1. The smallest absolute Gasteiger partial charge is 0.297 e. The van der Waals surface area contributed by atoms with E-state index in [1.54, 1.807) is 24.3 Å². The Labute approximate surface area is 118 Å². The Kier molecular flexibility index (Phi) is 4.60. The first-order valence-corrected chi connectivity index (χ1v) is 7.41. The van der Waals surface area contributed by atoms with Crippen molar-refractivity contribution in [3.05, 3.63) is 54.6 Å². The molecule has 0 radical (unpaired) electrons. The zero-order chi connectivity index (χ0) is 14.4. The van der Waals surface area contributed by atoms with E-state index in [0.29, 0.717) is 11.4 Å². The Balaban J connectivity index is 1.87. The van der Waals surface area contributed by atoms with Crippen molar-refractivity contribution in [1.29, 1.82) is 0 Å². The SMILES string of the molecule is Nc1cccc(S(=O)(=O)OCCOc2ccccc2)c1. The molecular formula is C14H15NO4S. The molecule has 0 aliphatic rings. The number of para-hydroxylation sites is 1. The number of nitrogen functional groups attached to an aromatic ring is 1. The topological polar surface area (TPSA) is 78.6 Å². The molecule has 2 aromatic carbocycles. The van der Waals surface area contributed by atoms with Crippen LogP contribution in [0.4, 0.5) is 5.69 Å². The van der Waals surface area contributed by atoms with Gasteiger partial charge in [0.05, 0.1) is 4.90 Å². The highest BCUT2D eigenvalue weighted by Crippen LogP contribution is 2.15. The van der Waals surface area contributed by atoms with Gasteiger partial charge in [-0.05, 0) is 30.3 Å². The van der Waals surface area contributed by atoms with Crippen LogP contribution in [0.25, 0.3) is 0 Å². The molecule has 0 heterocycles. The molecule has 0 aromatic heterocycles. The first-order chi connectivity index (χ1) is 9.58. The quantitative estimate of drug-likeness (QED) is 0.501. The predicted octanol–water partition coefficient (Wildman–Crippen LogP) is 2.05. The average molecular weight is 293 g/mol. The lowest BCUT2D eigenvalue weighted by atomic mass is 10.3. The van der Waals surface area contributed by atoms with Crippen LogP contribution < -0.4 is 10.5 Å². The van der Waals surface area contributed by atoms with E-state index in [4.69, 9.17) is 14.7 Å². The molecule has 0 saturated heterocycles. The van der Waals surface area contributed by atoms with Crippen molar-refractivity contribution < 1.29 is 17.3 Å². The van der Waals surface area contributed by atoms with Crippen LogP contribution in [0.3, 0.4) is 0 Å². The fraction of sp³-hybridized carbons (Fsp3) is 0.143. The number of ether oxygens (including phenoxy) is 1. The van der Waals surface area contributed by atoms with Crippen LogP contribution in [-0.4, -0.2) is 21.6 Å². The fourth-order valence-corrected chi connectivity index (χ4v) is 2.51. The summed E-state index contributed by atoms with van der Waals surface area (Å²) in [6.45, 7) is 0.0809. The third kappa shape index (κ3) is 3.97. The maximum atomic E-state index is 11.9. The number of nitrogens with two attached hydrogens (primary N) is 1. The molecule has 6 heteroatoms. The maximum Gasteiger partial charge on any atom is 0.297 e. The van der Waals surface area contributed by atoms with Gasteiger partial charge in [-0.1, -0.05) is 24.3 Å². The van der Waals surface area contributed by atoms with Crippen LogP contribution in [0, 0.1) is 0 Å². The minimum atomic E-state index is -3.80. The van der Waals surface area contributed by atoms with Gasteiger partial charge in [0.15, 0.2) is 0 Å².